The van der Waals surface area contributed by atoms with Crippen LogP contribution in [0.5, 0.6) is 0 Å². The summed E-state index contributed by atoms with van der Waals surface area (Å²) in [6.07, 6.45) is 10.4. The molecule has 1 aliphatic carbocycles. The van der Waals surface area contributed by atoms with Crippen LogP contribution in [0.1, 0.15) is 38.5 Å². The Balaban J connectivity index is 1.70. The molecule has 3 rings (SSSR count). The summed E-state index contributed by atoms with van der Waals surface area (Å²) in [7, 11) is 0. The van der Waals surface area contributed by atoms with Gasteiger partial charge in [-0.25, -0.2) is 4.39 Å². The molecule has 0 aliphatic heterocycles. The highest BCUT2D eigenvalue weighted by Crippen LogP contribution is 2.27. The van der Waals surface area contributed by atoms with Gasteiger partial charge in [-0.2, -0.15) is 0 Å². The van der Waals surface area contributed by atoms with Crippen LogP contribution in [0.25, 0.3) is 10.9 Å². The molecule has 2 heteroatoms. The van der Waals surface area contributed by atoms with Crippen molar-refractivity contribution in [1.29, 1.82) is 0 Å². The Morgan fingerprint density at radius 1 is 1.11 bits per heavy atom. The third kappa shape index (κ3) is 2.43. The molecule has 18 heavy (non-hydrogen) atoms. The quantitative estimate of drug-likeness (QED) is 0.735. The van der Waals surface area contributed by atoms with E-state index >= 15 is 0 Å². The lowest BCUT2D eigenvalue weighted by atomic mass is 9.87. The number of aryl methyl sites for hydroxylation is 1. The van der Waals surface area contributed by atoms with E-state index in [0.29, 0.717) is 0 Å². The van der Waals surface area contributed by atoms with E-state index < -0.39 is 0 Å². The molecule has 0 N–H and O–H groups in total. The van der Waals surface area contributed by atoms with Gasteiger partial charge < -0.3 is 4.57 Å². The number of aromatic nitrogens is 1. The number of hydrogen-bond acceptors (Lipinski definition) is 0. The summed E-state index contributed by atoms with van der Waals surface area (Å²) in [5.74, 6) is 0.754. The van der Waals surface area contributed by atoms with E-state index in [-0.39, 0.29) is 5.82 Å². The molecule has 1 nitrogen and oxygen atoms in total. The average Bonchev–Trinajstić information content (AvgIpc) is 2.80. The molecule has 2 aromatic rings. The molecule has 1 aromatic carbocycles. The van der Waals surface area contributed by atoms with Gasteiger partial charge in [-0.05, 0) is 36.6 Å². The smallest absolute Gasteiger partial charge is 0.123 e. The lowest BCUT2D eigenvalue weighted by molar-refractivity contribution is 0.325. The Morgan fingerprint density at radius 3 is 2.78 bits per heavy atom. The van der Waals surface area contributed by atoms with Gasteiger partial charge in [-0.3, -0.25) is 0 Å². The maximum absolute atomic E-state index is 13.1. The Labute approximate surface area is 108 Å². The zero-order valence-corrected chi connectivity index (χ0v) is 10.7. The van der Waals surface area contributed by atoms with E-state index in [2.05, 4.69) is 10.8 Å². The second-order valence-electron chi connectivity index (χ2n) is 5.50. The summed E-state index contributed by atoms with van der Waals surface area (Å²) >= 11 is 0. The van der Waals surface area contributed by atoms with Gasteiger partial charge in [-0.15, -0.1) is 0 Å². The van der Waals surface area contributed by atoms with Gasteiger partial charge in [0.2, 0.25) is 0 Å². The number of rotatable bonds is 3. The maximum Gasteiger partial charge on any atom is 0.123 e. The van der Waals surface area contributed by atoms with Gasteiger partial charge in [0.1, 0.15) is 5.82 Å². The fraction of sp³-hybridized carbons (Fsp3) is 0.500. The highest BCUT2D eigenvalue weighted by molar-refractivity contribution is 5.80. The standard InChI is InChI=1S/C16H20FN/c17-15-6-7-16-14(12-15)9-11-18(16)10-8-13-4-2-1-3-5-13/h6-7,9,11-13H,1-5,8,10H2. The number of halogens is 1. The van der Waals surface area contributed by atoms with Gasteiger partial charge >= 0.3 is 0 Å². The second kappa shape index (κ2) is 5.13. The number of hydrogen-bond donors (Lipinski definition) is 0. The van der Waals surface area contributed by atoms with Crippen molar-refractivity contribution in [3.8, 4) is 0 Å². The van der Waals surface area contributed by atoms with E-state index in [4.69, 9.17) is 0 Å². The first-order valence-electron chi connectivity index (χ1n) is 7.07. The van der Waals surface area contributed by atoms with Crippen LogP contribution in [0.15, 0.2) is 30.5 Å². The third-order valence-electron chi connectivity index (χ3n) is 4.24. The van der Waals surface area contributed by atoms with Crippen LogP contribution in [-0.4, -0.2) is 4.57 Å². The van der Waals surface area contributed by atoms with Crippen molar-refractivity contribution in [2.24, 2.45) is 5.92 Å². The van der Waals surface area contributed by atoms with Crippen LogP contribution in [-0.2, 0) is 6.54 Å². The summed E-state index contributed by atoms with van der Waals surface area (Å²) in [4.78, 5) is 0. The van der Waals surface area contributed by atoms with Crippen molar-refractivity contribution in [3.63, 3.8) is 0 Å². The molecule has 0 amide bonds. The highest BCUT2D eigenvalue weighted by atomic mass is 19.1. The Kier molecular flexibility index (Phi) is 3.35. The van der Waals surface area contributed by atoms with Crippen molar-refractivity contribution >= 4 is 10.9 Å². The summed E-state index contributed by atoms with van der Waals surface area (Å²) < 4.78 is 15.4. The van der Waals surface area contributed by atoms with Crippen LogP contribution in [0.4, 0.5) is 4.39 Å². The Morgan fingerprint density at radius 2 is 1.94 bits per heavy atom. The van der Waals surface area contributed by atoms with Gasteiger partial charge in [0.25, 0.3) is 0 Å². The molecule has 0 atom stereocenters. The molecule has 1 aromatic heterocycles. The predicted molar refractivity (Wildman–Crippen MR) is 73.1 cm³/mol. The minimum absolute atomic E-state index is 0.146. The number of nitrogens with zero attached hydrogens (tertiary/aromatic N) is 1. The number of fused-ring (bicyclic) bond motifs is 1. The summed E-state index contributed by atoms with van der Waals surface area (Å²) in [6, 6.07) is 7.08. The fourth-order valence-corrected chi connectivity index (χ4v) is 3.16. The normalized spacial score (nSPS) is 17.4. The second-order valence-corrected chi connectivity index (χ2v) is 5.50. The van der Waals surface area contributed by atoms with Crippen molar-refractivity contribution in [1.82, 2.24) is 4.57 Å². The molecule has 0 radical (unpaired) electrons. The topological polar surface area (TPSA) is 4.93 Å². The predicted octanol–water partition coefficient (Wildman–Crippen LogP) is 4.75. The Hall–Kier alpha value is -1.31. The lowest BCUT2D eigenvalue weighted by Gasteiger charge is -2.21. The third-order valence-corrected chi connectivity index (χ3v) is 4.24. The highest BCUT2D eigenvalue weighted by Gasteiger charge is 2.13. The fourth-order valence-electron chi connectivity index (χ4n) is 3.16. The first kappa shape index (κ1) is 11.8. The van der Waals surface area contributed by atoms with Gasteiger partial charge in [0, 0.05) is 23.6 Å². The minimum Gasteiger partial charge on any atom is -0.347 e. The molecule has 0 saturated heterocycles. The molecular formula is C16H20FN. The number of benzene rings is 1. The van der Waals surface area contributed by atoms with Gasteiger partial charge in [0.05, 0.1) is 0 Å². The molecule has 1 fully saturated rings. The SMILES string of the molecule is Fc1ccc2c(ccn2CCC2CCCCC2)c1. The molecule has 1 aliphatic rings. The zero-order chi connectivity index (χ0) is 12.4. The molecule has 1 heterocycles. The largest absolute Gasteiger partial charge is 0.347 e. The monoisotopic (exact) mass is 245 g/mol. The van der Waals surface area contributed by atoms with Crippen LogP contribution in [0.2, 0.25) is 0 Å². The lowest BCUT2D eigenvalue weighted by Crippen LogP contribution is -2.09. The molecule has 96 valence electrons. The molecule has 0 unspecified atom stereocenters. The molecule has 0 spiro atoms. The summed E-state index contributed by atoms with van der Waals surface area (Å²) in [5.41, 5.74) is 1.16. The van der Waals surface area contributed by atoms with Crippen LogP contribution in [0.3, 0.4) is 0 Å². The first-order chi connectivity index (χ1) is 8.83. The van der Waals surface area contributed by atoms with Crippen molar-refractivity contribution < 1.29 is 4.39 Å². The molecule has 0 bridgehead atoms. The van der Waals surface area contributed by atoms with Crippen molar-refractivity contribution in [3.05, 3.63) is 36.3 Å². The van der Waals surface area contributed by atoms with E-state index in [1.165, 1.54) is 38.5 Å². The minimum atomic E-state index is -0.146. The first-order valence-corrected chi connectivity index (χ1v) is 7.07. The maximum atomic E-state index is 13.1. The van der Waals surface area contributed by atoms with Gasteiger partial charge in [-0.1, -0.05) is 32.1 Å². The van der Waals surface area contributed by atoms with E-state index in [0.717, 1.165) is 23.4 Å². The van der Waals surface area contributed by atoms with Gasteiger partial charge in [0.15, 0.2) is 0 Å². The Bertz CT molecular complexity index is 523. The average molecular weight is 245 g/mol. The van der Waals surface area contributed by atoms with E-state index in [1.54, 1.807) is 12.1 Å². The van der Waals surface area contributed by atoms with Crippen LogP contribution < -0.4 is 0 Å². The molecule has 1 saturated carbocycles. The van der Waals surface area contributed by atoms with E-state index in [9.17, 15) is 4.39 Å². The van der Waals surface area contributed by atoms with Crippen LogP contribution >= 0.6 is 0 Å². The summed E-state index contributed by atoms with van der Waals surface area (Å²) in [6.45, 7) is 1.07. The molecular weight excluding hydrogens is 225 g/mol. The van der Waals surface area contributed by atoms with Crippen LogP contribution in [0, 0.1) is 11.7 Å². The summed E-state index contributed by atoms with van der Waals surface area (Å²) in [5, 5.41) is 1.01. The zero-order valence-electron chi connectivity index (χ0n) is 10.7. The van der Waals surface area contributed by atoms with E-state index in [1.807, 2.05) is 12.1 Å². The van der Waals surface area contributed by atoms with Crippen molar-refractivity contribution in [2.75, 3.05) is 0 Å². The van der Waals surface area contributed by atoms with Crippen molar-refractivity contribution in [2.45, 2.75) is 45.1 Å².